The van der Waals surface area contributed by atoms with E-state index in [0.717, 1.165) is 24.1 Å². The van der Waals surface area contributed by atoms with Crippen molar-refractivity contribution in [2.75, 3.05) is 0 Å². The maximum absolute atomic E-state index is 5.45. The lowest BCUT2D eigenvalue weighted by atomic mass is 9.97. The highest BCUT2D eigenvalue weighted by atomic mass is 15.3. The van der Waals surface area contributed by atoms with Crippen LogP contribution in [-0.2, 0) is 6.42 Å². The summed E-state index contributed by atoms with van der Waals surface area (Å²) in [6, 6.07) is 12.5. The van der Waals surface area contributed by atoms with Gasteiger partial charge in [0.2, 0.25) is 0 Å². The molecule has 0 N–H and O–H groups in total. The first-order chi connectivity index (χ1) is 10.8. The molecule has 3 heteroatoms. The van der Waals surface area contributed by atoms with E-state index in [9.17, 15) is 0 Å². The van der Waals surface area contributed by atoms with Gasteiger partial charge in [0.25, 0.3) is 0 Å². The molecule has 2 aromatic heterocycles. The second kappa shape index (κ2) is 5.16. The summed E-state index contributed by atoms with van der Waals surface area (Å²) >= 11 is 0. The second-order valence-electron chi connectivity index (χ2n) is 5.56. The number of hydrogen-bond acceptors (Lipinski definition) is 2. The van der Waals surface area contributed by atoms with Crippen LogP contribution in [-0.4, -0.2) is 14.8 Å². The maximum atomic E-state index is 5.45. The Morgan fingerprint density at radius 3 is 2.86 bits per heavy atom. The van der Waals surface area contributed by atoms with Gasteiger partial charge >= 0.3 is 0 Å². The van der Waals surface area contributed by atoms with Gasteiger partial charge in [-0.1, -0.05) is 36.3 Å². The predicted molar refractivity (Wildman–Crippen MR) is 85.9 cm³/mol. The maximum Gasteiger partial charge on any atom is 0.0841 e. The Balaban J connectivity index is 1.74. The summed E-state index contributed by atoms with van der Waals surface area (Å²) in [5.41, 5.74) is 5.52. The third-order valence-corrected chi connectivity index (χ3v) is 4.21. The number of nitrogens with zero attached hydrogens (tertiary/aromatic N) is 3. The molecule has 1 atom stereocenters. The number of terminal acetylenes is 1. The quantitative estimate of drug-likeness (QED) is 0.676. The van der Waals surface area contributed by atoms with E-state index in [1.807, 2.05) is 10.7 Å². The molecule has 3 aromatic rings. The van der Waals surface area contributed by atoms with Crippen LogP contribution in [0, 0.1) is 12.3 Å². The Hall–Kier alpha value is -2.86. The molecule has 3 nitrogen and oxygen atoms in total. The van der Waals surface area contributed by atoms with E-state index in [4.69, 9.17) is 11.5 Å². The van der Waals surface area contributed by atoms with Crippen molar-refractivity contribution >= 4 is 0 Å². The number of pyridine rings is 1. The summed E-state index contributed by atoms with van der Waals surface area (Å²) in [4.78, 5) is 4.19. The highest BCUT2D eigenvalue weighted by Crippen LogP contribution is 2.37. The fourth-order valence-corrected chi connectivity index (χ4v) is 3.12. The van der Waals surface area contributed by atoms with Crippen LogP contribution >= 0.6 is 0 Å². The average molecular weight is 285 g/mol. The van der Waals surface area contributed by atoms with Gasteiger partial charge in [0.05, 0.1) is 17.6 Å². The monoisotopic (exact) mass is 285 g/mol. The van der Waals surface area contributed by atoms with Gasteiger partial charge in [-0.25, -0.2) is 4.68 Å². The van der Waals surface area contributed by atoms with Gasteiger partial charge in [0.15, 0.2) is 0 Å². The van der Waals surface area contributed by atoms with Crippen molar-refractivity contribution in [1.82, 2.24) is 14.8 Å². The molecule has 4 rings (SSSR count). The summed E-state index contributed by atoms with van der Waals surface area (Å²) in [5, 5.41) is 4.80. The zero-order valence-electron chi connectivity index (χ0n) is 12.1. The van der Waals surface area contributed by atoms with Crippen molar-refractivity contribution in [2.45, 2.75) is 18.8 Å². The van der Waals surface area contributed by atoms with Gasteiger partial charge in [0.1, 0.15) is 0 Å². The fraction of sp³-hybridized carbons (Fsp3) is 0.158. The molecule has 1 unspecified atom stereocenters. The summed E-state index contributed by atoms with van der Waals surface area (Å²) < 4.78 is 1.90. The van der Waals surface area contributed by atoms with E-state index < -0.39 is 0 Å². The second-order valence-corrected chi connectivity index (χ2v) is 5.56. The molecule has 0 amide bonds. The third kappa shape index (κ3) is 2.10. The van der Waals surface area contributed by atoms with Crippen molar-refractivity contribution in [2.24, 2.45) is 0 Å². The third-order valence-electron chi connectivity index (χ3n) is 4.21. The van der Waals surface area contributed by atoms with Crippen LogP contribution in [0.1, 0.15) is 34.7 Å². The Morgan fingerprint density at radius 2 is 2.05 bits per heavy atom. The molecule has 1 aliphatic carbocycles. The normalized spacial score (nSPS) is 16.2. The molecule has 1 aliphatic rings. The zero-order chi connectivity index (χ0) is 14.9. The Kier molecular flexibility index (Phi) is 3.01. The Morgan fingerprint density at radius 1 is 1.18 bits per heavy atom. The molecule has 0 saturated heterocycles. The molecule has 0 bridgehead atoms. The number of aromatic nitrogens is 3. The molecule has 0 saturated carbocycles. The van der Waals surface area contributed by atoms with E-state index in [0.29, 0.717) is 5.92 Å². The molecule has 1 aromatic carbocycles. The minimum atomic E-state index is 0.390. The van der Waals surface area contributed by atoms with Crippen LogP contribution in [0.15, 0.2) is 55.0 Å². The largest absolute Gasteiger partial charge is 0.261 e. The van der Waals surface area contributed by atoms with Crippen LogP contribution in [0.4, 0.5) is 0 Å². The summed E-state index contributed by atoms with van der Waals surface area (Å²) in [5.74, 6) is 3.01. The van der Waals surface area contributed by atoms with Crippen LogP contribution in [0.5, 0.6) is 0 Å². The molecule has 106 valence electrons. The van der Waals surface area contributed by atoms with Gasteiger partial charge in [-0.05, 0) is 30.0 Å². The smallest absolute Gasteiger partial charge is 0.0841 e. The van der Waals surface area contributed by atoms with Crippen molar-refractivity contribution in [3.05, 3.63) is 77.4 Å². The lowest BCUT2D eigenvalue weighted by molar-refractivity contribution is 0.725. The van der Waals surface area contributed by atoms with E-state index >= 15 is 0 Å². The van der Waals surface area contributed by atoms with Crippen LogP contribution < -0.4 is 0 Å². The SMILES string of the molecule is C#Cc1cncc(-n2cc3c(n2)C(c2ccccc2)CC3)c1. The van der Waals surface area contributed by atoms with Crippen molar-refractivity contribution in [3.8, 4) is 18.0 Å². The fourth-order valence-electron chi connectivity index (χ4n) is 3.12. The number of hydrogen-bond donors (Lipinski definition) is 0. The van der Waals surface area contributed by atoms with E-state index in [1.54, 1.807) is 12.4 Å². The van der Waals surface area contributed by atoms with Crippen LogP contribution in [0.3, 0.4) is 0 Å². The first-order valence-electron chi connectivity index (χ1n) is 7.40. The van der Waals surface area contributed by atoms with Gasteiger partial charge in [-0.15, -0.1) is 6.42 Å². The minimum Gasteiger partial charge on any atom is -0.261 e. The van der Waals surface area contributed by atoms with Gasteiger partial charge in [-0.2, -0.15) is 5.10 Å². The van der Waals surface area contributed by atoms with Crippen LogP contribution in [0.2, 0.25) is 0 Å². The van der Waals surface area contributed by atoms with Gasteiger partial charge in [-0.3, -0.25) is 4.98 Å². The molecular formula is C19H15N3. The molecule has 0 aliphatic heterocycles. The highest BCUT2D eigenvalue weighted by Gasteiger charge is 2.27. The van der Waals surface area contributed by atoms with Crippen molar-refractivity contribution in [1.29, 1.82) is 0 Å². The standard InChI is InChI=1S/C19H15N3/c1-2-14-10-17(12-20-11-14)22-13-16-8-9-18(19(16)21-22)15-6-4-3-5-7-15/h1,3-7,10-13,18H,8-9H2. The summed E-state index contributed by atoms with van der Waals surface area (Å²) in [7, 11) is 0. The van der Waals surface area contributed by atoms with E-state index in [-0.39, 0.29) is 0 Å². The van der Waals surface area contributed by atoms with Crippen molar-refractivity contribution < 1.29 is 0 Å². The van der Waals surface area contributed by atoms with Crippen LogP contribution in [0.25, 0.3) is 5.69 Å². The molecule has 0 radical (unpaired) electrons. The minimum absolute atomic E-state index is 0.390. The number of rotatable bonds is 2. The number of aryl methyl sites for hydroxylation is 1. The van der Waals surface area contributed by atoms with E-state index in [1.165, 1.54) is 16.8 Å². The average Bonchev–Trinajstić information content (AvgIpc) is 3.16. The predicted octanol–water partition coefficient (Wildman–Crippen LogP) is 3.33. The lowest BCUT2D eigenvalue weighted by Gasteiger charge is -2.09. The lowest BCUT2D eigenvalue weighted by Crippen LogP contribution is -2.02. The van der Waals surface area contributed by atoms with Gasteiger partial charge in [0, 0.05) is 23.9 Å². The molecule has 2 heterocycles. The first-order valence-corrected chi connectivity index (χ1v) is 7.40. The molecular weight excluding hydrogens is 270 g/mol. The molecule has 0 fully saturated rings. The summed E-state index contributed by atoms with van der Waals surface area (Å²) in [6.45, 7) is 0. The van der Waals surface area contributed by atoms with Gasteiger partial charge < -0.3 is 0 Å². The molecule has 22 heavy (non-hydrogen) atoms. The highest BCUT2D eigenvalue weighted by molar-refractivity contribution is 5.42. The number of fused-ring (bicyclic) bond motifs is 1. The summed E-state index contributed by atoms with van der Waals surface area (Å²) in [6.07, 6.45) is 13.2. The first kappa shape index (κ1) is 12.8. The topological polar surface area (TPSA) is 30.7 Å². The molecule has 0 spiro atoms. The Labute approximate surface area is 129 Å². The zero-order valence-corrected chi connectivity index (χ0v) is 12.1. The van der Waals surface area contributed by atoms with Crippen molar-refractivity contribution in [3.63, 3.8) is 0 Å². The Bertz CT molecular complexity index is 856. The van der Waals surface area contributed by atoms with E-state index in [2.05, 4.69) is 47.4 Å². The number of benzene rings is 1.